The molecule has 0 bridgehead atoms. The Labute approximate surface area is 131 Å². The van der Waals surface area contributed by atoms with E-state index in [0.717, 1.165) is 5.56 Å². The molecule has 1 fully saturated rings. The molecule has 0 saturated carbocycles. The summed E-state index contributed by atoms with van der Waals surface area (Å²) >= 11 is 0. The highest BCUT2D eigenvalue weighted by atomic mass is 16.6. The fraction of sp³-hybridized carbons (Fsp3) is 0.529. The summed E-state index contributed by atoms with van der Waals surface area (Å²) in [6.07, 6.45) is -0.594. The zero-order chi connectivity index (χ0) is 16.5. The number of nitrogens with zero attached hydrogens (tertiary/aromatic N) is 1. The van der Waals surface area contributed by atoms with Gasteiger partial charge in [0.15, 0.2) is 0 Å². The number of rotatable bonds is 4. The largest absolute Gasteiger partial charge is 0.447 e. The summed E-state index contributed by atoms with van der Waals surface area (Å²) in [7, 11) is 0. The summed E-state index contributed by atoms with van der Waals surface area (Å²) in [6.45, 7) is 7.98. The minimum absolute atomic E-state index is 0.127. The fourth-order valence-electron chi connectivity index (χ4n) is 2.69. The average molecular weight is 304 g/mol. The van der Waals surface area contributed by atoms with Crippen molar-refractivity contribution in [1.29, 1.82) is 0 Å². The van der Waals surface area contributed by atoms with E-state index in [-0.39, 0.29) is 24.5 Å². The van der Waals surface area contributed by atoms with Crippen molar-refractivity contribution in [2.45, 2.75) is 45.2 Å². The van der Waals surface area contributed by atoms with Crippen molar-refractivity contribution in [3.8, 4) is 0 Å². The number of cyclic esters (lactones) is 1. The van der Waals surface area contributed by atoms with Crippen LogP contribution in [0, 0.1) is 5.92 Å². The van der Waals surface area contributed by atoms with Crippen LogP contribution >= 0.6 is 0 Å². The molecule has 0 aliphatic carbocycles. The predicted octanol–water partition coefficient (Wildman–Crippen LogP) is 2.29. The molecule has 1 aromatic carbocycles. The van der Waals surface area contributed by atoms with Crippen LogP contribution in [0.25, 0.3) is 0 Å². The second-order valence-electron chi connectivity index (χ2n) is 6.66. The van der Waals surface area contributed by atoms with Crippen molar-refractivity contribution >= 4 is 12.0 Å². The number of amides is 2. The van der Waals surface area contributed by atoms with Gasteiger partial charge in [-0.25, -0.2) is 9.69 Å². The molecule has 0 radical (unpaired) electrons. The lowest BCUT2D eigenvalue weighted by molar-refractivity contribution is -0.132. The van der Waals surface area contributed by atoms with Gasteiger partial charge in [0.25, 0.3) is 0 Å². The van der Waals surface area contributed by atoms with Crippen molar-refractivity contribution < 1.29 is 14.3 Å². The predicted molar refractivity (Wildman–Crippen MR) is 84.3 cm³/mol. The highest BCUT2D eigenvalue weighted by molar-refractivity contribution is 5.97. The molecule has 1 saturated heterocycles. The Morgan fingerprint density at radius 3 is 2.45 bits per heavy atom. The second kappa shape index (κ2) is 6.08. The number of imide groups is 1. The number of hydrogen-bond acceptors (Lipinski definition) is 4. The van der Waals surface area contributed by atoms with Gasteiger partial charge in [0, 0.05) is 5.41 Å². The van der Waals surface area contributed by atoms with Gasteiger partial charge in [-0.2, -0.15) is 0 Å². The molecule has 5 heteroatoms. The quantitative estimate of drug-likeness (QED) is 0.926. The van der Waals surface area contributed by atoms with Crippen LogP contribution in [-0.2, 0) is 14.9 Å². The molecule has 2 unspecified atom stereocenters. The minimum atomic E-state index is -0.818. The van der Waals surface area contributed by atoms with E-state index in [1.807, 2.05) is 58.0 Å². The van der Waals surface area contributed by atoms with Crippen LogP contribution in [0.2, 0.25) is 0 Å². The van der Waals surface area contributed by atoms with Gasteiger partial charge in [0.1, 0.15) is 6.61 Å². The maximum absolute atomic E-state index is 12.8. The third-order valence-corrected chi connectivity index (χ3v) is 4.47. The lowest BCUT2D eigenvalue weighted by Gasteiger charge is -2.34. The number of hydrogen-bond donors (Lipinski definition) is 1. The van der Waals surface area contributed by atoms with E-state index in [1.54, 1.807) is 0 Å². The van der Waals surface area contributed by atoms with Crippen molar-refractivity contribution in [2.75, 3.05) is 6.61 Å². The monoisotopic (exact) mass is 304 g/mol. The summed E-state index contributed by atoms with van der Waals surface area (Å²) in [6, 6.07) is 8.55. The summed E-state index contributed by atoms with van der Waals surface area (Å²) in [5.74, 6) is -0.252. The summed E-state index contributed by atoms with van der Waals surface area (Å²) in [4.78, 5) is 25.9. The van der Waals surface area contributed by atoms with Crippen LogP contribution in [0.3, 0.4) is 0 Å². The second-order valence-corrected chi connectivity index (χ2v) is 6.66. The molecule has 0 aromatic heterocycles. The van der Waals surface area contributed by atoms with E-state index in [2.05, 4.69) is 0 Å². The molecule has 0 spiro atoms. The third kappa shape index (κ3) is 2.86. The number of ether oxygens (including phenoxy) is 1. The molecular formula is C17H24N2O3. The molecule has 1 heterocycles. The molecule has 2 atom stereocenters. The zero-order valence-corrected chi connectivity index (χ0v) is 13.6. The smallest absolute Gasteiger partial charge is 0.417 e. The SMILES string of the molecule is CC(C)C1COC(=O)N1C(=O)C(N)C(C)(C)c1ccccc1. The van der Waals surface area contributed by atoms with Crippen molar-refractivity contribution in [1.82, 2.24) is 4.90 Å². The molecule has 120 valence electrons. The van der Waals surface area contributed by atoms with Gasteiger partial charge < -0.3 is 10.5 Å². The lowest BCUT2D eigenvalue weighted by Crippen LogP contribution is -2.56. The van der Waals surface area contributed by atoms with Gasteiger partial charge in [0.2, 0.25) is 5.91 Å². The summed E-state index contributed by atoms with van der Waals surface area (Å²) < 4.78 is 5.04. The molecule has 2 amide bonds. The molecule has 5 nitrogen and oxygen atoms in total. The fourth-order valence-corrected chi connectivity index (χ4v) is 2.69. The Bertz CT molecular complexity index is 554. The average Bonchev–Trinajstić information content (AvgIpc) is 2.88. The number of nitrogens with two attached hydrogens (primary N) is 1. The van der Waals surface area contributed by atoms with Crippen LogP contribution < -0.4 is 5.73 Å². The Morgan fingerprint density at radius 2 is 1.91 bits per heavy atom. The Balaban J connectivity index is 2.26. The molecule has 22 heavy (non-hydrogen) atoms. The van der Waals surface area contributed by atoms with Gasteiger partial charge >= 0.3 is 6.09 Å². The van der Waals surface area contributed by atoms with Gasteiger partial charge in [-0.15, -0.1) is 0 Å². The van der Waals surface area contributed by atoms with E-state index < -0.39 is 17.6 Å². The highest BCUT2D eigenvalue weighted by Gasteiger charge is 2.45. The first-order valence-electron chi connectivity index (χ1n) is 7.57. The van der Waals surface area contributed by atoms with E-state index >= 15 is 0 Å². The van der Waals surface area contributed by atoms with Gasteiger partial charge in [-0.1, -0.05) is 58.0 Å². The van der Waals surface area contributed by atoms with Crippen molar-refractivity contribution in [3.05, 3.63) is 35.9 Å². The van der Waals surface area contributed by atoms with Crippen LogP contribution in [0.5, 0.6) is 0 Å². The number of carbonyl (C=O) groups is 2. The van der Waals surface area contributed by atoms with Gasteiger partial charge in [-0.05, 0) is 11.5 Å². The topological polar surface area (TPSA) is 72.6 Å². The summed E-state index contributed by atoms with van der Waals surface area (Å²) in [5, 5.41) is 0. The van der Waals surface area contributed by atoms with E-state index in [0.29, 0.717) is 0 Å². The molecule has 2 rings (SSSR count). The van der Waals surface area contributed by atoms with Gasteiger partial charge in [0.05, 0.1) is 12.1 Å². The first kappa shape index (κ1) is 16.5. The maximum Gasteiger partial charge on any atom is 0.417 e. The first-order chi connectivity index (χ1) is 10.3. The Hall–Kier alpha value is -1.88. The summed E-state index contributed by atoms with van der Waals surface area (Å²) in [5.41, 5.74) is 6.61. The molecule has 2 N–H and O–H groups in total. The zero-order valence-electron chi connectivity index (χ0n) is 13.6. The standard InChI is InChI=1S/C17H24N2O3/c1-11(2)13-10-22-16(21)19(13)15(20)14(18)17(3,4)12-8-6-5-7-9-12/h5-9,11,13-14H,10,18H2,1-4H3. The van der Waals surface area contributed by atoms with Crippen LogP contribution in [0.1, 0.15) is 33.3 Å². The van der Waals surface area contributed by atoms with Crippen molar-refractivity contribution in [3.63, 3.8) is 0 Å². The molecule has 1 aliphatic heterocycles. The van der Waals surface area contributed by atoms with Crippen molar-refractivity contribution in [2.24, 2.45) is 11.7 Å². The van der Waals surface area contributed by atoms with E-state index in [4.69, 9.17) is 10.5 Å². The Morgan fingerprint density at radius 1 is 1.32 bits per heavy atom. The number of carbonyl (C=O) groups excluding carboxylic acids is 2. The highest BCUT2D eigenvalue weighted by Crippen LogP contribution is 2.29. The maximum atomic E-state index is 12.8. The minimum Gasteiger partial charge on any atom is -0.447 e. The number of benzene rings is 1. The molecule has 1 aromatic rings. The first-order valence-corrected chi connectivity index (χ1v) is 7.57. The van der Waals surface area contributed by atoms with E-state index in [1.165, 1.54) is 4.90 Å². The molecule has 1 aliphatic rings. The van der Waals surface area contributed by atoms with Gasteiger partial charge in [-0.3, -0.25) is 4.79 Å². The van der Waals surface area contributed by atoms with Crippen LogP contribution in [-0.4, -0.2) is 35.6 Å². The third-order valence-electron chi connectivity index (χ3n) is 4.47. The van der Waals surface area contributed by atoms with Crippen LogP contribution in [0.4, 0.5) is 4.79 Å². The van der Waals surface area contributed by atoms with Crippen LogP contribution in [0.15, 0.2) is 30.3 Å². The normalized spacial score (nSPS) is 20.2. The Kier molecular flexibility index (Phi) is 4.56. The lowest BCUT2D eigenvalue weighted by atomic mass is 9.77. The van der Waals surface area contributed by atoms with E-state index in [9.17, 15) is 9.59 Å². The molecular weight excluding hydrogens is 280 g/mol.